The van der Waals surface area contributed by atoms with Crippen LogP contribution in [-0.2, 0) is 14.3 Å². The summed E-state index contributed by atoms with van der Waals surface area (Å²) in [5.74, 6) is 1.87. The van der Waals surface area contributed by atoms with Crippen LogP contribution >= 0.6 is 0 Å². The minimum absolute atomic E-state index is 0.185. The molecule has 7 heteroatoms. The number of ether oxygens (including phenoxy) is 5. The molecule has 0 aliphatic heterocycles. The summed E-state index contributed by atoms with van der Waals surface area (Å²) in [4.78, 5) is 16.4. The van der Waals surface area contributed by atoms with E-state index in [1.807, 2.05) is 18.2 Å². The van der Waals surface area contributed by atoms with E-state index in [1.54, 1.807) is 55.8 Å². The molecule has 0 spiro atoms. The van der Waals surface area contributed by atoms with Gasteiger partial charge in [0.05, 0.1) is 33.2 Å². The first-order valence-corrected chi connectivity index (χ1v) is 9.01. The minimum atomic E-state index is -0.567. The molecule has 0 unspecified atom stereocenters. The number of benzene rings is 2. The molecule has 0 saturated heterocycles. The number of carbonyl (C=O) groups excluding carboxylic acids is 1. The Balaban J connectivity index is 1.89. The number of nitrogens with zero attached hydrogens (tertiary/aromatic N) is 1. The van der Waals surface area contributed by atoms with Crippen LogP contribution in [0.5, 0.6) is 28.9 Å². The zero-order valence-electron chi connectivity index (χ0n) is 16.8. The highest BCUT2D eigenvalue weighted by atomic mass is 16.5. The third-order valence-corrected chi connectivity index (χ3v) is 4.02. The molecular weight excluding hydrogens is 386 g/mol. The van der Waals surface area contributed by atoms with Gasteiger partial charge in [-0.15, -0.1) is 0 Å². The van der Waals surface area contributed by atoms with E-state index in [-0.39, 0.29) is 11.5 Å². The second-order valence-corrected chi connectivity index (χ2v) is 5.94. The molecule has 0 N–H and O–H groups in total. The summed E-state index contributed by atoms with van der Waals surface area (Å²) in [6, 6.07) is 17.8. The fourth-order valence-electron chi connectivity index (χ4n) is 2.67. The van der Waals surface area contributed by atoms with E-state index in [2.05, 4.69) is 4.98 Å². The third kappa shape index (κ3) is 4.88. The van der Waals surface area contributed by atoms with Crippen LogP contribution in [0.3, 0.4) is 0 Å². The number of aromatic nitrogens is 1. The highest BCUT2D eigenvalue weighted by Crippen LogP contribution is 2.34. The lowest BCUT2D eigenvalue weighted by Gasteiger charge is -2.13. The molecule has 0 amide bonds. The maximum atomic E-state index is 12.1. The van der Waals surface area contributed by atoms with Crippen LogP contribution in [0.2, 0.25) is 0 Å². The number of para-hydroxylation sites is 2. The molecule has 0 bridgehead atoms. The Bertz CT molecular complexity index is 1050. The van der Waals surface area contributed by atoms with E-state index in [1.165, 1.54) is 20.5 Å². The van der Waals surface area contributed by atoms with Gasteiger partial charge in [-0.1, -0.05) is 18.2 Å². The highest BCUT2D eigenvalue weighted by molar-refractivity contribution is 6.16. The molecule has 2 aromatic carbocycles. The van der Waals surface area contributed by atoms with Crippen LogP contribution in [0.15, 0.2) is 73.1 Å². The molecule has 3 rings (SSSR count). The van der Waals surface area contributed by atoms with Gasteiger partial charge in [-0.05, 0) is 36.4 Å². The van der Waals surface area contributed by atoms with Crippen molar-refractivity contribution in [2.75, 3.05) is 21.3 Å². The van der Waals surface area contributed by atoms with Crippen LogP contribution < -0.4 is 14.2 Å². The normalized spacial score (nSPS) is 10.8. The van der Waals surface area contributed by atoms with Crippen LogP contribution in [0, 0.1) is 0 Å². The predicted molar refractivity (Wildman–Crippen MR) is 111 cm³/mol. The van der Waals surface area contributed by atoms with Crippen molar-refractivity contribution in [2.24, 2.45) is 0 Å². The third-order valence-electron chi connectivity index (χ3n) is 4.02. The maximum Gasteiger partial charge on any atom is 0.341 e. The van der Waals surface area contributed by atoms with Crippen molar-refractivity contribution in [3.8, 4) is 28.9 Å². The van der Waals surface area contributed by atoms with Gasteiger partial charge in [-0.3, -0.25) is 0 Å². The largest absolute Gasteiger partial charge is 0.503 e. The van der Waals surface area contributed by atoms with Crippen molar-refractivity contribution >= 4 is 11.5 Å². The van der Waals surface area contributed by atoms with Crippen LogP contribution in [0.4, 0.5) is 0 Å². The summed E-state index contributed by atoms with van der Waals surface area (Å²) in [7, 11) is 4.32. The molecule has 0 atom stereocenters. The monoisotopic (exact) mass is 407 g/mol. The quantitative estimate of drug-likeness (QED) is 0.301. The molecular formula is C23H21NO6. The van der Waals surface area contributed by atoms with Gasteiger partial charge in [-0.2, -0.15) is 0 Å². The molecule has 0 aliphatic carbocycles. The summed E-state index contributed by atoms with van der Waals surface area (Å²) < 4.78 is 27.0. The predicted octanol–water partition coefficient (Wildman–Crippen LogP) is 4.84. The van der Waals surface area contributed by atoms with E-state index < -0.39 is 5.97 Å². The highest BCUT2D eigenvalue weighted by Gasteiger charge is 2.19. The Morgan fingerprint density at radius 3 is 2.30 bits per heavy atom. The summed E-state index contributed by atoms with van der Waals surface area (Å²) >= 11 is 0. The molecule has 0 fully saturated rings. The lowest BCUT2D eigenvalue weighted by Crippen LogP contribution is -2.06. The van der Waals surface area contributed by atoms with Gasteiger partial charge in [0.15, 0.2) is 11.5 Å². The Hall–Kier alpha value is -4.00. The minimum Gasteiger partial charge on any atom is -0.503 e. The van der Waals surface area contributed by atoms with E-state index in [9.17, 15) is 4.79 Å². The zero-order chi connectivity index (χ0) is 21.3. The zero-order valence-corrected chi connectivity index (χ0v) is 16.8. The Morgan fingerprint density at radius 1 is 0.867 bits per heavy atom. The van der Waals surface area contributed by atoms with E-state index >= 15 is 0 Å². The molecule has 1 heterocycles. The number of hydrogen-bond acceptors (Lipinski definition) is 7. The Morgan fingerprint density at radius 2 is 1.60 bits per heavy atom. The molecule has 154 valence electrons. The van der Waals surface area contributed by atoms with E-state index in [0.29, 0.717) is 28.6 Å². The lowest BCUT2D eigenvalue weighted by atomic mass is 10.1. The second-order valence-electron chi connectivity index (χ2n) is 5.94. The average molecular weight is 407 g/mol. The molecule has 0 radical (unpaired) electrons. The summed E-state index contributed by atoms with van der Waals surface area (Å²) in [6.45, 7) is 0. The molecule has 0 saturated carbocycles. The van der Waals surface area contributed by atoms with Gasteiger partial charge < -0.3 is 23.7 Å². The average Bonchev–Trinajstić information content (AvgIpc) is 2.78. The fourth-order valence-corrected chi connectivity index (χ4v) is 2.67. The van der Waals surface area contributed by atoms with Gasteiger partial charge in [0, 0.05) is 12.3 Å². The van der Waals surface area contributed by atoms with Gasteiger partial charge in [0.2, 0.25) is 5.88 Å². The molecule has 1 aromatic heterocycles. The number of methoxy groups -OCH3 is 3. The van der Waals surface area contributed by atoms with Crippen LogP contribution in [0.25, 0.3) is 5.57 Å². The number of esters is 1. The molecule has 30 heavy (non-hydrogen) atoms. The first-order valence-electron chi connectivity index (χ1n) is 9.01. The maximum absolute atomic E-state index is 12.1. The number of pyridine rings is 1. The summed E-state index contributed by atoms with van der Waals surface area (Å²) in [5.41, 5.74) is 0.617. The second kappa shape index (κ2) is 9.97. The Labute approximate surface area is 174 Å². The molecule has 7 nitrogen and oxygen atoms in total. The first kappa shape index (κ1) is 20.7. The topological polar surface area (TPSA) is 76.1 Å². The van der Waals surface area contributed by atoms with Gasteiger partial charge in [-0.25, -0.2) is 9.78 Å². The molecule has 3 aromatic rings. The van der Waals surface area contributed by atoms with Crippen LogP contribution in [0.1, 0.15) is 5.56 Å². The van der Waals surface area contributed by atoms with Crippen LogP contribution in [-0.4, -0.2) is 32.3 Å². The van der Waals surface area contributed by atoms with E-state index in [0.717, 1.165) is 0 Å². The van der Waals surface area contributed by atoms with Gasteiger partial charge in [0.1, 0.15) is 17.1 Å². The van der Waals surface area contributed by atoms with E-state index in [4.69, 9.17) is 23.7 Å². The number of carbonyl (C=O) groups is 1. The lowest BCUT2D eigenvalue weighted by molar-refractivity contribution is -0.133. The van der Waals surface area contributed by atoms with Gasteiger partial charge >= 0.3 is 5.97 Å². The first-order chi connectivity index (χ1) is 14.7. The van der Waals surface area contributed by atoms with Gasteiger partial charge in [0.25, 0.3) is 0 Å². The van der Waals surface area contributed by atoms with Crippen molar-refractivity contribution in [3.63, 3.8) is 0 Å². The number of hydrogen-bond donors (Lipinski definition) is 0. The van der Waals surface area contributed by atoms with Crippen molar-refractivity contribution in [1.29, 1.82) is 0 Å². The Kier molecular flexibility index (Phi) is 6.89. The van der Waals surface area contributed by atoms with Crippen molar-refractivity contribution in [3.05, 3.63) is 78.7 Å². The van der Waals surface area contributed by atoms with Crippen molar-refractivity contribution in [2.45, 2.75) is 0 Å². The number of rotatable bonds is 8. The summed E-state index contributed by atoms with van der Waals surface area (Å²) in [6.07, 6.45) is 2.85. The smallest absolute Gasteiger partial charge is 0.341 e. The summed E-state index contributed by atoms with van der Waals surface area (Å²) in [5, 5.41) is 0. The fraction of sp³-hybridized carbons (Fsp3) is 0.130. The SMILES string of the molecule is COC=C(C(=O)OC)c1cccnc1Oc1cccc(Oc2ccccc2OC)c1. The van der Waals surface area contributed by atoms with Crippen molar-refractivity contribution in [1.82, 2.24) is 4.98 Å². The standard InChI is InChI=1S/C23H21NO6/c1-26-15-19(23(25)28-3)18-10-7-13-24-22(18)30-17-9-6-8-16(14-17)29-21-12-5-4-11-20(21)27-2/h4-15H,1-3H3. The van der Waals surface area contributed by atoms with Crippen molar-refractivity contribution < 1.29 is 28.5 Å². The molecule has 0 aliphatic rings.